The van der Waals surface area contributed by atoms with Crippen molar-refractivity contribution >= 4 is 27.5 Å². The second-order valence-electron chi connectivity index (χ2n) is 4.31. The van der Waals surface area contributed by atoms with Crippen LogP contribution in [0.25, 0.3) is 0 Å². The van der Waals surface area contributed by atoms with E-state index in [-0.39, 0.29) is 13.0 Å². The van der Waals surface area contributed by atoms with Crippen LogP contribution in [0.15, 0.2) is 18.2 Å². The molecule has 1 amide bonds. The number of benzene rings is 1. The molecule has 0 aliphatic carbocycles. The molecule has 7 heteroatoms. The van der Waals surface area contributed by atoms with Crippen molar-refractivity contribution in [1.82, 2.24) is 0 Å². The molecular weight excluding hydrogens is 259 g/mol. The van der Waals surface area contributed by atoms with Gasteiger partial charge in [0.1, 0.15) is 5.25 Å². The predicted molar refractivity (Wildman–Crippen MR) is 66.4 cm³/mol. The fraction of sp³-hybridized carbons (Fsp3) is 0.364. The van der Waals surface area contributed by atoms with Crippen molar-refractivity contribution in [2.45, 2.75) is 18.6 Å². The Morgan fingerprint density at radius 2 is 2.11 bits per heavy atom. The van der Waals surface area contributed by atoms with Gasteiger partial charge in [0, 0.05) is 13.0 Å². The number of nitrogens with zero attached hydrogens (tertiary/aromatic N) is 1. The lowest BCUT2D eigenvalue weighted by Gasteiger charge is -2.19. The number of aryl methyl sites for hydroxylation is 1. The van der Waals surface area contributed by atoms with Crippen LogP contribution in [-0.2, 0) is 15.0 Å². The van der Waals surface area contributed by atoms with E-state index < -0.39 is 21.4 Å². The number of anilines is 2. The van der Waals surface area contributed by atoms with E-state index in [1.165, 1.54) is 4.90 Å². The molecule has 0 spiro atoms. The summed E-state index contributed by atoms with van der Waals surface area (Å²) >= 11 is 0. The summed E-state index contributed by atoms with van der Waals surface area (Å²) in [5.74, 6) is -0.432. The molecule has 1 aliphatic heterocycles. The maximum atomic E-state index is 12.9. The van der Waals surface area contributed by atoms with Gasteiger partial charge in [0.25, 0.3) is 0 Å². The Morgan fingerprint density at radius 1 is 1.44 bits per heavy atom. The first kappa shape index (κ1) is 12.8. The minimum Gasteiger partial charge on any atom is -0.397 e. The molecule has 2 N–H and O–H groups in total. The number of nitrogen functional groups attached to an aromatic ring is 1. The standard InChI is InChI=1S/C11H13FN2O3S/c1-7-3-2-4-9(11(7)13)14-6-8(5-10(14)15)18(12,16)17/h2-4,8H,5-6,13H2,1H3. The Hall–Kier alpha value is -1.63. The fourth-order valence-electron chi connectivity index (χ4n) is 2.00. The third kappa shape index (κ3) is 2.17. The highest BCUT2D eigenvalue weighted by molar-refractivity contribution is 7.87. The third-order valence-electron chi connectivity index (χ3n) is 3.08. The maximum Gasteiger partial charge on any atom is 0.307 e. The first-order valence-corrected chi connectivity index (χ1v) is 6.84. The van der Waals surface area contributed by atoms with Crippen molar-refractivity contribution < 1.29 is 17.1 Å². The van der Waals surface area contributed by atoms with Gasteiger partial charge in [-0.1, -0.05) is 12.1 Å². The largest absolute Gasteiger partial charge is 0.397 e. The Balaban J connectivity index is 2.36. The van der Waals surface area contributed by atoms with E-state index in [1.54, 1.807) is 25.1 Å². The summed E-state index contributed by atoms with van der Waals surface area (Å²) in [5.41, 5.74) is 7.47. The number of halogens is 1. The van der Waals surface area contributed by atoms with Crippen LogP contribution in [0, 0.1) is 6.92 Å². The molecule has 5 nitrogen and oxygen atoms in total. The number of nitrogens with two attached hydrogens (primary N) is 1. The van der Waals surface area contributed by atoms with Gasteiger partial charge in [-0.25, -0.2) is 0 Å². The second kappa shape index (κ2) is 4.24. The van der Waals surface area contributed by atoms with Crippen LogP contribution in [0.2, 0.25) is 0 Å². The number of carbonyl (C=O) groups is 1. The van der Waals surface area contributed by atoms with Crippen molar-refractivity contribution in [2.24, 2.45) is 0 Å². The second-order valence-corrected chi connectivity index (χ2v) is 5.93. The van der Waals surface area contributed by atoms with Gasteiger partial charge in [0.15, 0.2) is 0 Å². The first-order chi connectivity index (χ1) is 8.30. The number of para-hydroxylation sites is 1. The average Bonchev–Trinajstić information content (AvgIpc) is 2.64. The third-order valence-corrected chi connectivity index (χ3v) is 4.19. The van der Waals surface area contributed by atoms with Crippen molar-refractivity contribution in [1.29, 1.82) is 0 Å². The highest BCUT2D eigenvalue weighted by Gasteiger charge is 2.39. The quantitative estimate of drug-likeness (QED) is 0.643. The van der Waals surface area contributed by atoms with Gasteiger partial charge in [-0.2, -0.15) is 8.42 Å². The van der Waals surface area contributed by atoms with Crippen LogP contribution in [0.1, 0.15) is 12.0 Å². The van der Waals surface area contributed by atoms with Gasteiger partial charge >= 0.3 is 10.2 Å². The van der Waals surface area contributed by atoms with Gasteiger partial charge in [0.05, 0.1) is 11.4 Å². The van der Waals surface area contributed by atoms with Crippen LogP contribution < -0.4 is 10.6 Å². The normalized spacial score (nSPS) is 20.4. The average molecular weight is 272 g/mol. The van der Waals surface area contributed by atoms with Crippen LogP contribution >= 0.6 is 0 Å². The Kier molecular flexibility index (Phi) is 3.02. The zero-order valence-electron chi connectivity index (χ0n) is 9.76. The molecule has 1 aromatic carbocycles. The van der Waals surface area contributed by atoms with Gasteiger partial charge in [-0.3, -0.25) is 4.79 Å². The van der Waals surface area contributed by atoms with Gasteiger partial charge < -0.3 is 10.6 Å². The molecule has 1 fully saturated rings. The minimum atomic E-state index is -4.70. The number of hydrogen-bond acceptors (Lipinski definition) is 4. The Morgan fingerprint density at radius 3 is 2.67 bits per heavy atom. The molecule has 1 aromatic rings. The topological polar surface area (TPSA) is 80.5 Å². The summed E-state index contributed by atoms with van der Waals surface area (Å²) in [6, 6.07) is 5.11. The minimum absolute atomic E-state index is 0.189. The van der Waals surface area contributed by atoms with E-state index in [2.05, 4.69) is 0 Å². The fourth-order valence-corrected chi connectivity index (χ4v) is 2.67. The summed E-state index contributed by atoms with van der Waals surface area (Å²) < 4.78 is 34.6. The van der Waals surface area contributed by atoms with Crippen molar-refractivity contribution in [3.05, 3.63) is 23.8 Å². The number of amides is 1. The molecule has 0 aromatic heterocycles. The zero-order valence-corrected chi connectivity index (χ0v) is 10.6. The smallest absolute Gasteiger partial charge is 0.307 e. The van der Waals surface area contributed by atoms with Crippen LogP contribution in [0.4, 0.5) is 15.3 Å². The van der Waals surface area contributed by atoms with E-state index in [1.807, 2.05) is 0 Å². The number of carbonyl (C=O) groups excluding carboxylic acids is 1. The SMILES string of the molecule is Cc1cccc(N2CC(S(=O)(=O)F)CC2=O)c1N. The van der Waals surface area contributed by atoms with E-state index >= 15 is 0 Å². The lowest BCUT2D eigenvalue weighted by Crippen LogP contribution is -2.27. The molecule has 0 saturated carbocycles. The highest BCUT2D eigenvalue weighted by Crippen LogP contribution is 2.31. The lowest BCUT2D eigenvalue weighted by atomic mass is 10.1. The van der Waals surface area contributed by atoms with E-state index in [0.717, 1.165) is 5.56 Å². The van der Waals surface area contributed by atoms with E-state index in [4.69, 9.17) is 5.73 Å². The lowest BCUT2D eigenvalue weighted by molar-refractivity contribution is -0.117. The monoisotopic (exact) mass is 272 g/mol. The molecule has 1 unspecified atom stereocenters. The predicted octanol–water partition coefficient (Wildman–Crippen LogP) is 0.982. The van der Waals surface area contributed by atoms with Crippen LogP contribution in [-0.4, -0.2) is 26.1 Å². The number of rotatable bonds is 2. The Bertz CT molecular complexity index is 600. The Labute approximate surface area is 105 Å². The molecule has 1 atom stereocenters. The van der Waals surface area contributed by atoms with Crippen LogP contribution in [0.3, 0.4) is 0 Å². The molecule has 0 radical (unpaired) electrons. The zero-order chi connectivity index (χ0) is 13.5. The van der Waals surface area contributed by atoms with E-state index in [9.17, 15) is 17.1 Å². The summed E-state index contributed by atoms with van der Waals surface area (Å²) in [7, 11) is -4.70. The van der Waals surface area contributed by atoms with Crippen molar-refractivity contribution in [3.8, 4) is 0 Å². The number of hydrogen-bond donors (Lipinski definition) is 1. The summed E-state index contributed by atoms with van der Waals surface area (Å²) in [6.45, 7) is 1.59. The molecule has 98 valence electrons. The van der Waals surface area contributed by atoms with E-state index in [0.29, 0.717) is 11.4 Å². The maximum absolute atomic E-state index is 12.9. The molecule has 1 heterocycles. The first-order valence-electron chi connectivity index (χ1n) is 5.39. The molecule has 2 rings (SSSR count). The molecule has 18 heavy (non-hydrogen) atoms. The summed E-state index contributed by atoms with van der Waals surface area (Å²) in [6.07, 6.45) is -0.341. The van der Waals surface area contributed by atoms with Crippen LogP contribution in [0.5, 0.6) is 0 Å². The molecular formula is C11H13FN2O3S. The van der Waals surface area contributed by atoms with Crippen molar-refractivity contribution in [2.75, 3.05) is 17.2 Å². The molecule has 1 aliphatic rings. The van der Waals surface area contributed by atoms with Crippen molar-refractivity contribution in [3.63, 3.8) is 0 Å². The van der Waals surface area contributed by atoms with Gasteiger partial charge in [-0.05, 0) is 18.6 Å². The van der Waals surface area contributed by atoms with Gasteiger partial charge in [0.2, 0.25) is 5.91 Å². The summed E-state index contributed by atoms with van der Waals surface area (Å²) in [5, 5.41) is -1.30. The molecule has 1 saturated heterocycles. The van der Waals surface area contributed by atoms with Gasteiger partial charge in [-0.15, -0.1) is 3.89 Å². The highest BCUT2D eigenvalue weighted by atomic mass is 32.3. The summed E-state index contributed by atoms with van der Waals surface area (Å²) in [4.78, 5) is 13.0. The molecule has 0 bridgehead atoms.